The van der Waals surface area contributed by atoms with Crippen LogP contribution < -0.4 is 4.90 Å². The fraction of sp³-hybridized carbons (Fsp3) is 0.545. The molecule has 2 fully saturated rings. The summed E-state index contributed by atoms with van der Waals surface area (Å²) in [5.74, 6) is 1.60. The van der Waals surface area contributed by atoms with E-state index in [1.165, 1.54) is 0 Å². The average Bonchev–Trinajstić information content (AvgIpc) is 2.53. The van der Waals surface area contributed by atoms with Crippen LogP contribution >= 0.6 is 15.9 Å². The third-order valence-electron chi connectivity index (χ3n) is 3.44. The van der Waals surface area contributed by atoms with Gasteiger partial charge in [0.1, 0.15) is 10.4 Å². The Morgan fingerprint density at radius 3 is 2.62 bits per heavy atom. The van der Waals surface area contributed by atoms with Crippen molar-refractivity contribution in [1.29, 1.82) is 0 Å². The molecule has 1 aliphatic heterocycles. The zero-order valence-electron chi connectivity index (χ0n) is 8.77. The van der Waals surface area contributed by atoms with Crippen LogP contribution in [0.4, 0.5) is 5.95 Å². The van der Waals surface area contributed by atoms with Gasteiger partial charge >= 0.3 is 0 Å². The van der Waals surface area contributed by atoms with Crippen molar-refractivity contribution < 1.29 is 4.79 Å². The summed E-state index contributed by atoms with van der Waals surface area (Å²) in [5, 5.41) is 0. The number of fused-ring (bicyclic) bond motifs is 2. The number of anilines is 1. The minimum atomic E-state index is 0.210. The highest BCUT2D eigenvalue weighted by atomic mass is 79.9. The lowest BCUT2D eigenvalue weighted by molar-refractivity contribution is -0.124. The molecule has 0 spiro atoms. The maximum atomic E-state index is 11.8. The van der Waals surface area contributed by atoms with E-state index >= 15 is 0 Å². The molecular formula is C11H12BrN3O. The highest BCUT2D eigenvalue weighted by Crippen LogP contribution is 2.34. The first-order valence-corrected chi connectivity index (χ1v) is 6.30. The van der Waals surface area contributed by atoms with Crippen LogP contribution in [0, 0.1) is 11.8 Å². The van der Waals surface area contributed by atoms with Crippen molar-refractivity contribution in [3.8, 4) is 0 Å². The van der Waals surface area contributed by atoms with Gasteiger partial charge in [-0.2, -0.15) is 0 Å². The Bertz CT molecular complexity index is 421. The number of halogens is 1. The summed E-state index contributed by atoms with van der Waals surface area (Å²) < 4.78 is 0.793. The molecule has 1 saturated heterocycles. The van der Waals surface area contributed by atoms with Gasteiger partial charge in [-0.15, -0.1) is 0 Å². The standard InChI is InChI=1S/C11H12BrN3O/c12-9-3-4-13-11(14-9)15-5-7-1-2-8(6-15)10(7)16/h3-4,7-8H,1-2,5-6H2/t7-,8+. The number of piperidine rings is 1. The van der Waals surface area contributed by atoms with Gasteiger partial charge in [0.05, 0.1) is 0 Å². The topological polar surface area (TPSA) is 46.1 Å². The van der Waals surface area contributed by atoms with Gasteiger partial charge in [-0.25, -0.2) is 9.97 Å². The number of hydrogen-bond acceptors (Lipinski definition) is 4. The molecule has 3 rings (SSSR count). The second kappa shape index (κ2) is 3.80. The predicted octanol–water partition coefficient (Wildman–Crippen LogP) is 1.65. The lowest BCUT2D eigenvalue weighted by Crippen LogP contribution is -2.43. The second-order valence-corrected chi connectivity index (χ2v) is 5.27. The van der Waals surface area contributed by atoms with Crippen molar-refractivity contribution in [2.24, 2.45) is 11.8 Å². The quantitative estimate of drug-likeness (QED) is 0.735. The minimum Gasteiger partial charge on any atom is -0.339 e. The van der Waals surface area contributed by atoms with Crippen LogP contribution in [-0.2, 0) is 4.79 Å². The molecule has 1 aromatic heterocycles. The van der Waals surface area contributed by atoms with E-state index in [1.807, 2.05) is 6.07 Å². The van der Waals surface area contributed by atoms with Crippen molar-refractivity contribution in [3.05, 3.63) is 16.9 Å². The second-order valence-electron chi connectivity index (χ2n) is 4.46. The zero-order chi connectivity index (χ0) is 11.1. The maximum absolute atomic E-state index is 11.8. The Morgan fingerprint density at radius 1 is 1.31 bits per heavy atom. The van der Waals surface area contributed by atoms with Crippen molar-refractivity contribution in [2.75, 3.05) is 18.0 Å². The van der Waals surface area contributed by atoms with Crippen LogP contribution in [-0.4, -0.2) is 28.8 Å². The van der Waals surface area contributed by atoms with Gasteiger partial charge in [0.2, 0.25) is 5.95 Å². The van der Waals surface area contributed by atoms with Crippen molar-refractivity contribution in [2.45, 2.75) is 12.8 Å². The molecule has 16 heavy (non-hydrogen) atoms. The molecule has 1 aromatic rings. The highest BCUT2D eigenvalue weighted by Gasteiger charge is 2.41. The zero-order valence-corrected chi connectivity index (χ0v) is 10.4. The molecule has 5 heteroatoms. The van der Waals surface area contributed by atoms with Gasteiger partial charge in [0.25, 0.3) is 0 Å². The number of hydrogen-bond donors (Lipinski definition) is 0. The van der Waals surface area contributed by atoms with Gasteiger partial charge in [-0.3, -0.25) is 4.79 Å². The normalized spacial score (nSPS) is 28.6. The molecule has 0 N–H and O–H groups in total. The van der Waals surface area contributed by atoms with Crippen LogP contribution in [0.2, 0.25) is 0 Å². The van der Waals surface area contributed by atoms with E-state index in [1.54, 1.807) is 6.20 Å². The molecule has 84 valence electrons. The predicted molar refractivity (Wildman–Crippen MR) is 63.2 cm³/mol. The van der Waals surface area contributed by atoms with Crippen LogP contribution in [0.1, 0.15) is 12.8 Å². The molecule has 1 aliphatic carbocycles. The van der Waals surface area contributed by atoms with Crippen LogP contribution in [0.25, 0.3) is 0 Å². The minimum absolute atomic E-state index is 0.210. The first kappa shape index (κ1) is 10.2. The van der Waals surface area contributed by atoms with Crippen LogP contribution in [0.5, 0.6) is 0 Å². The third-order valence-corrected chi connectivity index (χ3v) is 3.88. The molecule has 0 amide bonds. The number of Topliss-reactive ketones (excluding diaryl/α,β-unsaturated/α-hetero) is 1. The number of carbonyl (C=O) groups is 1. The molecule has 1 saturated carbocycles. The van der Waals surface area contributed by atoms with Gasteiger partial charge in [0.15, 0.2) is 0 Å². The smallest absolute Gasteiger partial charge is 0.226 e. The first-order valence-electron chi connectivity index (χ1n) is 5.51. The summed E-state index contributed by atoms with van der Waals surface area (Å²) >= 11 is 3.34. The van der Waals surface area contributed by atoms with Crippen molar-refractivity contribution in [3.63, 3.8) is 0 Å². The van der Waals surface area contributed by atoms with Gasteiger partial charge in [-0.1, -0.05) is 0 Å². The Balaban J connectivity index is 1.85. The number of aromatic nitrogens is 2. The van der Waals surface area contributed by atoms with Crippen molar-refractivity contribution in [1.82, 2.24) is 9.97 Å². The van der Waals surface area contributed by atoms with E-state index in [0.717, 1.165) is 36.5 Å². The summed E-state index contributed by atoms with van der Waals surface area (Å²) in [6.07, 6.45) is 3.81. The molecule has 4 nitrogen and oxygen atoms in total. The number of carbonyl (C=O) groups excluding carboxylic acids is 1. The fourth-order valence-corrected chi connectivity index (χ4v) is 2.91. The van der Waals surface area contributed by atoms with E-state index < -0.39 is 0 Å². The molecule has 0 radical (unpaired) electrons. The number of nitrogens with zero attached hydrogens (tertiary/aromatic N) is 3. The summed E-state index contributed by atoms with van der Waals surface area (Å²) in [5.41, 5.74) is 0. The van der Waals surface area contributed by atoms with E-state index in [4.69, 9.17) is 0 Å². The largest absolute Gasteiger partial charge is 0.339 e. The monoisotopic (exact) mass is 281 g/mol. The molecule has 2 aliphatic rings. The summed E-state index contributed by atoms with van der Waals surface area (Å²) in [4.78, 5) is 22.5. The first-order chi connectivity index (χ1) is 7.74. The fourth-order valence-electron chi connectivity index (χ4n) is 2.63. The SMILES string of the molecule is O=C1[C@@H]2CC[C@H]1CN(c1nccc(Br)n1)C2. The van der Waals surface area contributed by atoms with E-state index in [9.17, 15) is 4.79 Å². The van der Waals surface area contributed by atoms with Gasteiger partial charge in [0, 0.05) is 31.1 Å². The van der Waals surface area contributed by atoms with Crippen LogP contribution in [0.3, 0.4) is 0 Å². The number of rotatable bonds is 1. The lowest BCUT2D eigenvalue weighted by Gasteiger charge is -2.30. The maximum Gasteiger partial charge on any atom is 0.226 e. The molecule has 2 atom stereocenters. The third kappa shape index (κ3) is 1.63. The Kier molecular flexibility index (Phi) is 2.42. The van der Waals surface area contributed by atoms with Gasteiger partial charge in [-0.05, 0) is 34.8 Å². The van der Waals surface area contributed by atoms with Gasteiger partial charge < -0.3 is 4.90 Å². The molecule has 0 aromatic carbocycles. The molecule has 2 bridgehead atoms. The van der Waals surface area contributed by atoms with E-state index in [2.05, 4.69) is 30.8 Å². The summed E-state index contributed by atoms with van der Waals surface area (Å²) in [6.45, 7) is 1.57. The Labute approximate surface area is 102 Å². The molecule has 0 unspecified atom stereocenters. The van der Waals surface area contributed by atoms with E-state index in [-0.39, 0.29) is 11.8 Å². The highest BCUT2D eigenvalue weighted by molar-refractivity contribution is 9.10. The number of ketones is 1. The molecule has 2 heterocycles. The van der Waals surface area contributed by atoms with Crippen molar-refractivity contribution >= 4 is 27.7 Å². The Morgan fingerprint density at radius 2 is 2.00 bits per heavy atom. The average molecular weight is 282 g/mol. The van der Waals surface area contributed by atoms with E-state index in [0.29, 0.717) is 5.78 Å². The lowest BCUT2D eigenvalue weighted by atomic mass is 9.97. The van der Waals surface area contributed by atoms with Crippen LogP contribution in [0.15, 0.2) is 16.9 Å². The summed E-state index contributed by atoms with van der Waals surface area (Å²) in [6, 6.07) is 1.81. The Hall–Kier alpha value is -0.970. The molecular weight excluding hydrogens is 270 g/mol. The summed E-state index contributed by atoms with van der Waals surface area (Å²) in [7, 11) is 0.